The van der Waals surface area contributed by atoms with Crippen molar-refractivity contribution in [1.82, 2.24) is 15.5 Å². The lowest BCUT2D eigenvalue weighted by molar-refractivity contribution is -0.114. The molecule has 1 aromatic carbocycles. The summed E-state index contributed by atoms with van der Waals surface area (Å²) in [6.45, 7) is 5.51. The molecule has 1 atom stereocenters. The van der Waals surface area contributed by atoms with E-state index in [9.17, 15) is 4.79 Å². The minimum absolute atomic E-state index is 0.0518. The molecule has 1 aliphatic rings. The summed E-state index contributed by atoms with van der Waals surface area (Å²) in [7, 11) is 1.81. The highest BCUT2D eigenvalue weighted by Crippen LogP contribution is 2.27. The Kier molecular flexibility index (Phi) is 8.07. The number of anilines is 1. The average Bonchev–Trinajstić information content (AvgIpc) is 3.42. The Morgan fingerprint density at radius 2 is 1.93 bits per heavy atom. The van der Waals surface area contributed by atoms with Gasteiger partial charge in [0.25, 0.3) is 0 Å². The molecule has 3 N–H and O–H groups in total. The molecule has 1 amide bonds. The monoisotopic (exact) mass is 413 g/mol. The van der Waals surface area contributed by atoms with Gasteiger partial charge in [0, 0.05) is 37.6 Å². The number of hydrogen-bond acceptors (Lipinski definition) is 4. The molecular weight excluding hydrogens is 382 g/mol. The topological polar surface area (TPSA) is 68.8 Å². The molecule has 0 aliphatic carbocycles. The summed E-state index contributed by atoms with van der Waals surface area (Å²) in [6.07, 6.45) is 3.46. The number of thiophene rings is 1. The molecule has 156 valence electrons. The van der Waals surface area contributed by atoms with Crippen LogP contribution in [0.5, 0.6) is 0 Å². The molecule has 0 spiro atoms. The molecule has 1 fully saturated rings. The molecule has 3 rings (SSSR count). The van der Waals surface area contributed by atoms with Crippen molar-refractivity contribution >= 4 is 28.9 Å². The summed E-state index contributed by atoms with van der Waals surface area (Å²) in [6, 6.07) is 12.7. The molecule has 6 nitrogen and oxygen atoms in total. The van der Waals surface area contributed by atoms with E-state index in [0.717, 1.165) is 31.2 Å². The first-order valence-electron chi connectivity index (χ1n) is 10.2. The van der Waals surface area contributed by atoms with Crippen LogP contribution in [-0.2, 0) is 11.2 Å². The van der Waals surface area contributed by atoms with Gasteiger partial charge < -0.3 is 16.0 Å². The first-order valence-corrected chi connectivity index (χ1v) is 11.1. The van der Waals surface area contributed by atoms with Gasteiger partial charge in [-0.05, 0) is 61.5 Å². The number of carbonyl (C=O) groups excluding carboxylic acids is 1. The van der Waals surface area contributed by atoms with Crippen molar-refractivity contribution in [3.05, 3.63) is 52.2 Å². The van der Waals surface area contributed by atoms with E-state index in [-0.39, 0.29) is 5.91 Å². The number of amides is 1. The normalized spacial score (nSPS) is 15.9. The highest BCUT2D eigenvalue weighted by Gasteiger charge is 2.24. The van der Waals surface area contributed by atoms with E-state index >= 15 is 0 Å². The zero-order valence-corrected chi connectivity index (χ0v) is 18.1. The van der Waals surface area contributed by atoms with Crippen molar-refractivity contribution in [3.8, 4) is 0 Å². The number of likely N-dealkylation sites (tertiary alicyclic amines) is 1. The molecule has 0 radical (unpaired) electrons. The highest BCUT2D eigenvalue weighted by atomic mass is 32.1. The van der Waals surface area contributed by atoms with Gasteiger partial charge >= 0.3 is 0 Å². The maximum absolute atomic E-state index is 11.1. The van der Waals surface area contributed by atoms with Crippen molar-refractivity contribution in [1.29, 1.82) is 0 Å². The van der Waals surface area contributed by atoms with Crippen molar-refractivity contribution in [2.75, 3.05) is 38.5 Å². The minimum atomic E-state index is -0.0518. The van der Waals surface area contributed by atoms with E-state index in [4.69, 9.17) is 0 Å². The maximum Gasteiger partial charge on any atom is 0.221 e. The fourth-order valence-corrected chi connectivity index (χ4v) is 4.50. The van der Waals surface area contributed by atoms with Crippen molar-refractivity contribution in [2.24, 2.45) is 4.99 Å². The van der Waals surface area contributed by atoms with Gasteiger partial charge in [-0.3, -0.25) is 14.7 Å². The minimum Gasteiger partial charge on any atom is -0.356 e. The number of rotatable bonds is 8. The molecule has 0 saturated carbocycles. The van der Waals surface area contributed by atoms with Crippen LogP contribution in [0.25, 0.3) is 0 Å². The van der Waals surface area contributed by atoms with E-state index in [1.54, 1.807) is 0 Å². The Morgan fingerprint density at radius 1 is 1.17 bits per heavy atom. The third kappa shape index (κ3) is 6.58. The third-order valence-corrected chi connectivity index (χ3v) is 6.09. The van der Waals surface area contributed by atoms with Crippen LogP contribution in [0.2, 0.25) is 0 Å². The van der Waals surface area contributed by atoms with Gasteiger partial charge in [-0.25, -0.2) is 0 Å². The largest absolute Gasteiger partial charge is 0.356 e. The summed E-state index contributed by atoms with van der Waals surface area (Å²) in [5.41, 5.74) is 2.05. The number of nitrogens with zero attached hydrogens (tertiary/aromatic N) is 2. The molecule has 2 heterocycles. The van der Waals surface area contributed by atoms with Crippen LogP contribution in [0.4, 0.5) is 5.69 Å². The van der Waals surface area contributed by atoms with E-state index in [1.807, 2.05) is 42.6 Å². The van der Waals surface area contributed by atoms with Gasteiger partial charge in [0.2, 0.25) is 5.91 Å². The van der Waals surface area contributed by atoms with Crippen LogP contribution in [-0.4, -0.2) is 50.0 Å². The number of guanidine groups is 1. The lowest BCUT2D eigenvalue weighted by Gasteiger charge is -2.27. The fourth-order valence-electron chi connectivity index (χ4n) is 3.64. The smallest absolute Gasteiger partial charge is 0.221 e. The lowest BCUT2D eigenvalue weighted by Crippen LogP contribution is -2.43. The molecule has 1 unspecified atom stereocenters. The van der Waals surface area contributed by atoms with E-state index in [2.05, 4.69) is 43.4 Å². The van der Waals surface area contributed by atoms with Crippen LogP contribution in [0.15, 0.2) is 46.8 Å². The molecule has 7 heteroatoms. The Hall–Kier alpha value is -2.38. The second kappa shape index (κ2) is 11.0. The third-order valence-electron chi connectivity index (χ3n) is 5.12. The first kappa shape index (κ1) is 21.3. The van der Waals surface area contributed by atoms with E-state index in [0.29, 0.717) is 6.04 Å². The van der Waals surface area contributed by atoms with Crippen LogP contribution in [0.3, 0.4) is 0 Å². The van der Waals surface area contributed by atoms with Gasteiger partial charge in [0.1, 0.15) is 0 Å². The molecule has 1 saturated heterocycles. The van der Waals surface area contributed by atoms with E-state index in [1.165, 1.54) is 43.3 Å². The molecule has 0 bridgehead atoms. The zero-order valence-electron chi connectivity index (χ0n) is 17.3. The number of hydrogen-bond donors (Lipinski definition) is 3. The number of nitrogens with one attached hydrogen (secondary N) is 3. The Balaban J connectivity index is 1.46. The van der Waals surface area contributed by atoms with Gasteiger partial charge in [-0.15, -0.1) is 11.3 Å². The Bertz CT molecular complexity index is 782. The standard InChI is InChI=1S/C22H31N5OS/c1-17(28)26-19-9-7-18(8-10-19)11-12-24-22(23-2)25-16-20(21-6-5-15-29-21)27-13-3-4-14-27/h5-10,15,20H,3-4,11-14,16H2,1-2H3,(H,26,28)(H2,23,24,25). The van der Waals surface area contributed by atoms with Gasteiger partial charge in [-0.1, -0.05) is 18.2 Å². The number of aliphatic imine (C=N–C) groups is 1. The second-order valence-corrected chi connectivity index (χ2v) is 8.26. The fraction of sp³-hybridized carbons (Fsp3) is 0.455. The van der Waals surface area contributed by atoms with Crippen LogP contribution >= 0.6 is 11.3 Å². The van der Waals surface area contributed by atoms with Gasteiger partial charge in [0.05, 0.1) is 6.04 Å². The molecule has 1 aliphatic heterocycles. The predicted molar refractivity (Wildman–Crippen MR) is 122 cm³/mol. The molecule has 1 aromatic heterocycles. The zero-order chi connectivity index (χ0) is 20.5. The summed E-state index contributed by atoms with van der Waals surface area (Å²) in [4.78, 5) is 19.5. The second-order valence-electron chi connectivity index (χ2n) is 7.28. The summed E-state index contributed by atoms with van der Waals surface area (Å²) < 4.78 is 0. The Labute approximate surface area is 177 Å². The van der Waals surface area contributed by atoms with Crippen LogP contribution < -0.4 is 16.0 Å². The number of carbonyl (C=O) groups is 1. The van der Waals surface area contributed by atoms with Gasteiger partial charge in [0.15, 0.2) is 5.96 Å². The van der Waals surface area contributed by atoms with Crippen molar-refractivity contribution in [3.63, 3.8) is 0 Å². The summed E-state index contributed by atoms with van der Waals surface area (Å²) in [5, 5.41) is 11.9. The highest BCUT2D eigenvalue weighted by molar-refractivity contribution is 7.10. The SMILES string of the molecule is CN=C(NCCc1ccc(NC(C)=O)cc1)NCC(c1cccs1)N1CCCC1. The predicted octanol–water partition coefficient (Wildman–Crippen LogP) is 3.25. The average molecular weight is 414 g/mol. The summed E-state index contributed by atoms with van der Waals surface area (Å²) in [5.74, 6) is 0.782. The van der Waals surface area contributed by atoms with Gasteiger partial charge in [-0.2, -0.15) is 0 Å². The van der Waals surface area contributed by atoms with Crippen molar-refractivity contribution < 1.29 is 4.79 Å². The van der Waals surface area contributed by atoms with Crippen molar-refractivity contribution in [2.45, 2.75) is 32.2 Å². The quantitative estimate of drug-likeness (QED) is 0.459. The van der Waals surface area contributed by atoms with Crippen LogP contribution in [0.1, 0.15) is 36.2 Å². The number of benzene rings is 1. The first-order chi connectivity index (χ1) is 14.2. The molecular formula is C22H31N5OS. The van der Waals surface area contributed by atoms with Crippen LogP contribution in [0, 0.1) is 0 Å². The molecule has 29 heavy (non-hydrogen) atoms. The molecule has 2 aromatic rings. The lowest BCUT2D eigenvalue weighted by atomic mass is 10.1. The van der Waals surface area contributed by atoms with E-state index < -0.39 is 0 Å². The maximum atomic E-state index is 11.1. The summed E-state index contributed by atoms with van der Waals surface area (Å²) >= 11 is 1.83. The Morgan fingerprint density at radius 3 is 2.55 bits per heavy atom.